The second-order valence-electron chi connectivity index (χ2n) is 6.55. The Morgan fingerprint density at radius 1 is 1.38 bits per heavy atom. The smallest absolute Gasteiger partial charge is 0.354 e. The highest BCUT2D eigenvalue weighted by Crippen LogP contribution is 2.27. The number of nitrogens with one attached hydrogen (secondary N) is 1. The van der Waals surface area contributed by atoms with Crippen LogP contribution in [-0.2, 0) is 16.5 Å². The monoisotopic (exact) mass is 399 g/mol. The van der Waals surface area contributed by atoms with E-state index in [1.807, 2.05) is 26.2 Å². The Kier molecular flexibility index (Phi) is 6.25. The third kappa shape index (κ3) is 4.28. The summed E-state index contributed by atoms with van der Waals surface area (Å²) in [5.74, 6) is 0.732. The van der Waals surface area contributed by atoms with Crippen molar-refractivity contribution in [2.45, 2.75) is 13.0 Å². The molecule has 0 aliphatic carbocycles. The van der Waals surface area contributed by atoms with Gasteiger partial charge in [-0.1, -0.05) is 0 Å². The molecular formula is C19H25N7O3. The molecule has 3 rings (SSSR count). The summed E-state index contributed by atoms with van der Waals surface area (Å²) < 4.78 is 13.7. The molecule has 0 bridgehead atoms. The van der Waals surface area contributed by atoms with Crippen molar-refractivity contribution < 1.29 is 14.3 Å². The molecule has 0 aliphatic heterocycles. The average Bonchev–Trinajstić information content (AvgIpc) is 3.33. The minimum absolute atomic E-state index is 0.211. The zero-order valence-electron chi connectivity index (χ0n) is 16.9. The molecule has 0 spiro atoms. The molecule has 1 unspecified atom stereocenters. The van der Waals surface area contributed by atoms with E-state index in [-0.39, 0.29) is 6.04 Å². The van der Waals surface area contributed by atoms with Gasteiger partial charge in [0.2, 0.25) is 5.95 Å². The lowest BCUT2D eigenvalue weighted by atomic mass is 10.1. The summed E-state index contributed by atoms with van der Waals surface area (Å²) in [4.78, 5) is 21.3. The Balaban J connectivity index is 2.03. The van der Waals surface area contributed by atoms with E-state index in [2.05, 4.69) is 20.4 Å². The molecule has 0 aliphatic rings. The first-order chi connectivity index (χ1) is 14.0. The number of hydrogen-bond acceptors (Lipinski definition) is 8. The van der Waals surface area contributed by atoms with Gasteiger partial charge in [-0.05, 0) is 18.6 Å². The van der Waals surface area contributed by atoms with Gasteiger partial charge in [-0.15, -0.1) is 0 Å². The van der Waals surface area contributed by atoms with Gasteiger partial charge in [-0.3, -0.25) is 4.68 Å². The van der Waals surface area contributed by atoms with Crippen LogP contribution in [0.5, 0.6) is 0 Å². The molecule has 29 heavy (non-hydrogen) atoms. The predicted molar refractivity (Wildman–Crippen MR) is 108 cm³/mol. The first kappa shape index (κ1) is 20.5. The highest BCUT2D eigenvalue weighted by atomic mass is 16.5. The maximum Gasteiger partial charge on any atom is 0.354 e. The largest absolute Gasteiger partial charge is 0.464 e. The molecule has 3 aromatic heterocycles. The number of nitrogens with two attached hydrogens (primary N) is 1. The predicted octanol–water partition coefficient (Wildman–Crippen LogP) is 1.66. The van der Waals surface area contributed by atoms with E-state index in [0.29, 0.717) is 30.5 Å². The molecule has 0 radical (unpaired) electrons. The number of rotatable bonds is 8. The van der Waals surface area contributed by atoms with Gasteiger partial charge in [-0.25, -0.2) is 14.8 Å². The summed E-state index contributed by atoms with van der Waals surface area (Å²) >= 11 is 0. The minimum Gasteiger partial charge on any atom is -0.464 e. The van der Waals surface area contributed by atoms with Gasteiger partial charge in [0.05, 0.1) is 31.6 Å². The molecule has 0 saturated carbocycles. The Hall–Kier alpha value is -3.24. The number of esters is 1. The van der Waals surface area contributed by atoms with Crippen LogP contribution in [-0.4, -0.2) is 57.7 Å². The number of carbonyl (C=O) groups is 1. The number of aromatic nitrogens is 5. The Bertz CT molecular complexity index is 996. The number of aryl methyl sites for hydroxylation is 2. The quantitative estimate of drug-likeness (QED) is 0.549. The van der Waals surface area contributed by atoms with E-state index in [1.165, 1.54) is 7.11 Å². The van der Waals surface area contributed by atoms with Crippen LogP contribution in [0.3, 0.4) is 0 Å². The summed E-state index contributed by atoms with van der Waals surface area (Å²) in [6.07, 6.45) is 5.25. The number of methoxy groups -OCH3 is 2. The molecular weight excluding hydrogens is 374 g/mol. The second kappa shape index (κ2) is 8.84. The molecule has 3 aromatic rings. The standard InChI is InChI=1S/C19H25N7O3/c1-12-9-21-19(23-16-5-6-22-25(16)2)24-17(12)13-7-15(18(27)29-4)26(10-13)14(8-20)11-28-3/h5-7,9-10,14H,8,11,20H2,1-4H3,(H,21,23,24). The highest BCUT2D eigenvalue weighted by Gasteiger charge is 2.22. The fourth-order valence-corrected chi connectivity index (χ4v) is 3.04. The van der Waals surface area contributed by atoms with Gasteiger partial charge in [0.1, 0.15) is 11.5 Å². The fourth-order valence-electron chi connectivity index (χ4n) is 3.04. The first-order valence-electron chi connectivity index (χ1n) is 9.06. The molecule has 0 amide bonds. The van der Waals surface area contributed by atoms with E-state index >= 15 is 0 Å². The van der Waals surface area contributed by atoms with Gasteiger partial charge < -0.3 is 25.1 Å². The van der Waals surface area contributed by atoms with Crippen molar-refractivity contribution in [2.24, 2.45) is 12.8 Å². The lowest BCUT2D eigenvalue weighted by Gasteiger charge is -2.18. The van der Waals surface area contributed by atoms with Gasteiger partial charge in [-0.2, -0.15) is 5.10 Å². The Morgan fingerprint density at radius 2 is 2.17 bits per heavy atom. The van der Waals surface area contributed by atoms with Crippen LogP contribution < -0.4 is 11.1 Å². The van der Waals surface area contributed by atoms with Crippen molar-refractivity contribution in [1.82, 2.24) is 24.3 Å². The van der Waals surface area contributed by atoms with Crippen LogP contribution >= 0.6 is 0 Å². The number of anilines is 2. The maximum absolute atomic E-state index is 12.3. The molecule has 3 heterocycles. The second-order valence-corrected chi connectivity index (χ2v) is 6.55. The highest BCUT2D eigenvalue weighted by molar-refractivity contribution is 5.90. The van der Waals surface area contributed by atoms with Crippen molar-refractivity contribution in [3.8, 4) is 11.3 Å². The topological polar surface area (TPSA) is 122 Å². The van der Waals surface area contributed by atoms with Crippen molar-refractivity contribution in [1.29, 1.82) is 0 Å². The van der Waals surface area contributed by atoms with Gasteiger partial charge >= 0.3 is 5.97 Å². The number of nitrogens with zero attached hydrogens (tertiary/aromatic N) is 5. The minimum atomic E-state index is -0.453. The number of carbonyl (C=O) groups excluding carboxylic acids is 1. The molecule has 154 valence electrons. The van der Waals surface area contributed by atoms with Crippen molar-refractivity contribution in [3.05, 3.63) is 42.0 Å². The summed E-state index contributed by atoms with van der Waals surface area (Å²) in [6, 6.07) is 3.36. The number of ether oxygens (including phenoxy) is 2. The molecule has 10 heteroatoms. The zero-order chi connectivity index (χ0) is 21.0. The summed E-state index contributed by atoms with van der Waals surface area (Å²) in [5.41, 5.74) is 8.60. The Labute approximate surface area is 168 Å². The van der Waals surface area contributed by atoms with E-state index in [9.17, 15) is 4.79 Å². The normalized spacial score (nSPS) is 12.0. The zero-order valence-corrected chi connectivity index (χ0v) is 16.9. The summed E-state index contributed by atoms with van der Waals surface area (Å²) in [5, 5.41) is 7.26. The molecule has 3 N–H and O–H groups in total. The van der Waals surface area contributed by atoms with Crippen molar-refractivity contribution >= 4 is 17.7 Å². The van der Waals surface area contributed by atoms with E-state index in [1.54, 1.807) is 34.8 Å². The third-order valence-corrected chi connectivity index (χ3v) is 4.57. The molecule has 1 atom stereocenters. The van der Waals surface area contributed by atoms with Crippen molar-refractivity contribution in [3.63, 3.8) is 0 Å². The van der Waals surface area contributed by atoms with Crippen LogP contribution in [0.2, 0.25) is 0 Å². The van der Waals surface area contributed by atoms with Crippen LogP contribution in [0.25, 0.3) is 11.3 Å². The average molecular weight is 399 g/mol. The van der Waals surface area contributed by atoms with E-state index in [4.69, 9.17) is 15.2 Å². The molecule has 0 fully saturated rings. The maximum atomic E-state index is 12.3. The van der Waals surface area contributed by atoms with Crippen LogP contribution in [0, 0.1) is 6.92 Å². The lowest BCUT2D eigenvalue weighted by molar-refractivity contribution is 0.0581. The lowest BCUT2D eigenvalue weighted by Crippen LogP contribution is -2.26. The van der Waals surface area contributed by atoms with Gasteiger partial charge in [0.25, 0.3) is 0 Å². The van der Waals surface area contributed by atoms with Gasteiger partial charge in [0.15, 0.2) is 0 Å². The van der Waals surface area contributed by atoms with Gasteiger partial charge in [0, 0.05) is 44.7 Å². The van der Waals surface area contributed by atoms with E-state index in [0.717, 1.165) is 16.9 Å². The van der Waals surface area contributed by atoms with Crippen molar-refractivity contribution in [2.75, 3.05) is 32.7 Å². The fraction of sp³-hybridized carbons (Fsp3) is 0.368. The summed E-state index contributed by atoms with van der Waals surface area (Å²) in [6.45, 7) is 2.58. The van der Waals surface area contributed by atoms with Crippen LogP contribution in [0.4, 0.5) is 11.8 Å². The Morgan fingerprint density at radius 3 is 2.79 bits per heavy atom. The van der Waals surface area contributed by atoms with E-state index < -0.39 is 5.97 Å². The number of hydrogen-bond donors (Lipinski definition) is 2. The molecule has 0 saturated heterocycles. The SMILES string of the molecule is COCC(CN)n1cc(-c2nc(Nc3ccnn3C)ncc2C)cc1C(=O)OC. The third-order valence-electron chi connectivity index (χ3n) is 4.57. The van der Waals surface area contributed by atoms with Crippen LogP contribution in [0.15, 0.2) is 30.7 Å². The first-order valence-corrected chi connectivity index (χ1v) is 9.06. The van der Waals surface area contributed by atoms with Crippen LogP contribution in [0.1, 0.15) is 22.1 Å². The molecule has 10 nitrogen and oxygen atoms in total. The molecule has 0 aromatic carbocycles. The summed E-state index contributed by atoms with van der Waals surface area (Å²) in [7, 11) is 4.76.